The summed E-state index contributed by atoms with van der Waals surface area (Å²) in [4.78, 5) is 0. The van der Waals surface area contributed by atoms with Crippen LogP contribution in [0.3, 0.4) is 0 Å². The first kappa shape index (κ1) is 13.9. The molecule has 0 aromatic heterocycles. The second-order valence-corrected chi connectivity index (χ2v) is 7.49. The first-order chi connectivity index (χ1) is 9.40. The van der Waals surface area contributed by atoms with Crippen LogP contribution in [0.25, 0.3) is 0 Å². The lowest BCUT2D eigenvalue weighted by Crippen LogP contribution is -2.35. The van der Waals surface area contributed by atoms with E-state index in [1.807, 2.05) is 0 Å². The Labute approximate surface area is 119 Å². The molecule has 0 aromatic rings. The lowest BCUT2D eigenvalue weighted by molar-refractivity contribution is 0.276. The van der Waals surface area contributed by atoms with Crippen molar-refractivity contribution in [3.63, 3.8) is 0 Å². The molecule has 1 nitrogen and oxygen atoms in total. The largest absolute Gasteiger partial charge is 0.314 e. The molecule has 3 atom stereocenters. The molecule has 19 heavy (non-hydrogen) atoms. The van der Waals surface area contributed by atoms with Gasteiger partial charge in [0.2, 0.25) is 0 Å². The van der Waals surface area contributed by atoms with Crippen LogP contribution in [0, 0.1) is 23.7 Å². The first-order valence-electron chi connectivity index (χ1n) is 9.13. The molecule has 0 saturated heterocycles. The molecule has 0 spiro atoms. The van der Waals surface area contributed by atoms with E-state index < -0.39 is 0 Å². The maximum Gasteiger partial charge on any atom is 0.0103 e. The Kier molecular flexibility index (Phi) is 4.84. The molecule has 3 aliphatic carbocycles. The highest BCUT2D eigenvalue weighted by Crippen LogP contribution is 2.57. The number of hydrogen-bond donors (Lipinski definition) is 1. The van der Waals surface area contributed by atoms with Gasteiger partial charge in [-0.1, -0.05) is 51.9 Å². The Morgan fingerprint density at radius 2 is 1.53 bits per heavy atom. The fourth-order valence-corrected chi connectivity index (χ4v) is 5.13. The SMILES string of the molecule is CCCNC(CC1CCCCC1)C1C2CCCCC21. The summed E-state index contributed by atoms with van der Waals surface area (Å²) in [6, 6.07) is 0.871. The Morgan fingerprint density at radius 1 is 0.895 bits per heavy atom. The van der Waals surface area contributed by atoms with Crippen molar-refractivity contribution in [2.45, 2.75) is 83.6 Å². The van der Waals surface area contributed by atoms with Crippen molar-refractivity contribution in [1.82, 2.24) is 5.32 Å². The van der Waals surface area contributed by atoms with Gasteiger partial charge in [0.1, 0.15) is 0 Å². The average Bonchev–Trinajstić information content (AvgIpc) is 3.19. The van der Waals surface area contributed by atoms with Crippen LogP contribution in [-0.2, 0) is 0 Å². The van der Waals surface area contributed by atoms with E-state index in [4.69, 9.17) is 0 Å². The van der Waals surface area contributed by atoms with Gasteiger partial charge in [0.15, 0.2) is 0 Å². The number of hydrogen-bond acceptors (Lipinski definition) is 1. The Balaban J connectivity index is 1.54. The summed E-state index contributed by atoms with van der Waals surface area (Å²) in [7, 11) is 0. The minimum atomic E-state index is 0.871. The minimum absolute atomic E-state index is 0.871. The third-order valence-corrected chi connectivity index (χ3v) is 6.16. The number of nitrogens with one attached hydrogen (secondary N) is 1. The molecular weight excluding hydrogens is 230 g/mol. The first-order valence-corrected chi connectivity index (χ1v) is 9.13. The van der Waals surface area contributed by atoms with E-state index in [1.165, 1.54) is 64.3 Å². The summed E-state index contributed by atoms with van der Waals surface area (Å²) in [6.07, 6.45) is 16.5. The third-order valence-electron chi connectivity index (χ3n) is 6.16. The highest BCUT2D eigenvalue weighted by molar-refractivity contribution is 5.05. The van der Waals surface area contributed by atoms with Crippen molar-refractivity contribution in [3.05, 3.63) is 0 Å². The van der Waals surface area contributed by atoms with Crippen LogP contribution in [0.2, 0.25) is 0 Å². The zero-order valence-corrected chi connectivity index (χ0v) is 12.9. The summed E-state index contributed by atoms with van der Waals surface area (Å²) >= 11 is 0. The maximum absolute atomic E-state index is 3.94. The van der Waals surface area contributed by atoms with Crippen molar-refractivity contribution in [2.24, 2.45) is 23.7 Å². The molecule has 3 aliphatic rings. The van der Waals surface area contributed by atoms with E-state index in [2.05, 4.69) is 12.2 Å². The van der Waals surface area contributed by atoms with Crippen molar-refractivity contribution in [2.75, 3.05) is 6.54 Å². The zero-order chi connectivity index (χ0) is 13.1. The molecule has 3 unspecified atom stereocenters. The van der Waals surface area contributed by atoms with Gasteiger partial charge in [-0.25, -0.2) is 0 Å². The normalized spacial score (nSPS) is 36.8. The van der Waals surface area contributed by atoms with Crippen molar-refractivity contribution >= 4 is 0 Å². The molecule has 0 bridgehead atoms. The predicted molar refractivity (Wildman–Crippen MR) is 82.2 cm³/mol. The lowest BCUT2D eigenvalue weighted by atomic mass is 9.83. The summed E-state index contributed by atoms with van der Waals surface area (Å²) in [5, 5.41) is 3.94. The quantitative estimate of drug-likeness (QED) is 0.728. The molecule has 3 fully saturated rings. The molecule has 0 radical (unpaired) electrons. The predicted octanol–water partition coefficient (Wildman–Crippen LogP) is 4.76. The molecule has 0 amide bonds. The fraction of sp³-hybridized carbons (Fsp3) is 1.00. The Hall–Kier alpha value is -0.0400. The van der Waals surface area contributed by atoms with E-state index >= 15 is 0 Å². The molecule has 3 rings (SSSR count). The van der Waals surface area contributed by atoms with Gasteiger partial charge in [0, 0.05) is 6.04 Å². The van der Waals surface area contributed by atoms with Crippen LogP contribution in [-0.4, -0.2) is 12.6 Å². The molecule has 0 aromatic carbocycles. The smallest absolute Gasteiger partial charge is 0.0103 e. The molecule has 110 valence electrons. The number of fused-ring (bicyclic) bond motifs is 1. The van der Waals surface area contributed by atoms with Gasteiger partial charge in [-0.05, 0) is 55.9 Å². The second-order valence-electron chi connectivity index (χ2n) is 7.49. The topological polar surface area (TPSA) is 12.0 Å². The van der Waals surface area contributed by atoms with Crippen LogP contribution < -0.4 is 5.32 Å². The van der Waals surface area contributed by atoms with Gasteiger partial charge in [0.05, 0.1) is 0 Å². The zero-order valence-electron chi connectivity index (χ0n) is 12.9. The lowest BCUT2D eigenvalue weighted by Gasteiger charge is -2.28. The number of rotatable bonds is 6. The molecular formula is C18H33N. The van der Waals surface area contributed by atoms with E-state index in [9.17, 15) is 0 Å². The van der Waals surface area contributed by atoms with E-state index in [1.54, 1.807) is 12.8 Å². The molecule has 0 aliphatic heterocycles. The van der Waals surface area contributed by atoms with Gasteiger partial charge in [-0.15, -0.1) is 0 Å². The van der Waals surface area contributed by atoms with Crippen molar-refractivity contribution in [1.29, 1.82) is 0 Å². The minimum Gasteiger partial charge on any atom is -0.314 e. The Morgan fingerprint density at radius 3 is 2.16 bits per heavy atom. The summed E-state index contributed by atoms with van der Waals surface area (Å²) in [5.41, 5.74) is 0. The van der Waals surface area contributed by atoms with E-state index in [0.717, 1.165) is 29.7 Å². The average molecular weight is 263 g/mol. The maximum atomic E-state index is 3.94. The van der Waals surface area contributed by atoms with Gasteiger partial charge >= 0.3 is 0 Å². The van der Waals surface area contributed by atoms with Gasteiger partial charge in [0.25, 0.3) is 0 Å². The summed E-state index contributed by atoms with van der Waals surface area (Å²) < 4.78 is 0. The summed E-state index contributed by atoms with van der Waals surface area (Å²) in [5.74, 6) is 4.35. The van der Waals surface area contributed by atoms with E-state index in [-0.39, 0.29) is 0 Å². The second kappa shape index (κ2) is 6.61. The van der Waals surface area contributed by atoms with Crippen molar-refractivity contribution < 1.29 is 0 Å². The van der Waals surface area contributed by atoms with Crippen LogP contribution in [0.4, 0.5) is 0 Å². The molecule has 0 heterocycles. The summed E-state index contributed by atoms with van der Waals surface area (Å²) in [6.45, 7) is 3.55. The van der Waals surface area contributed by atoms with Gasteiger partial charge < -0.3 is 5.32 Å². The standard InChI is InChI=1S/C18H33N/c1-2-12-19-17(13-14-8-4-3-5-9-14)18-15-10-6-7-11-16(15)18/h14-19H,2-13H2,1H3. The molecule has 1 heteroatoms. The van der Waals surface area contributed by atoms with Crippen molar-refractivity contribution in [3.8, 4) is 0 Å². The highest BCUT2D eigenvalue weighted by Gasteiger charge is 2.53. The van der Waals surface area contributed by atoms with Gasteiger partial charge in [-0.3, -0.25) is 0 Å². The van der Waals surface area contributed by atoms with Crippen LogP contribution in [0.15, 0.2) is 0 Å². The van der Waals surface area contributed by atoms with Crippen LogP contribution in [0.5, 0.6) is 0 Å². The third kappa shape index (κ3) is 3.35. The van der Waals surface area contributed by atoms with Crippen LogP contribution in [0.1, 0.15) is 77.6 Å². The van der Waals surface area contributed by atoms with Gasteiger partial charge in [-0.2, -0.15) is 0 Å². The molecule has 1 N–H and O–H groups in total. The molecule has 3 saturated carbocycles. The fourth-order valence-electron chi connectivity index (χ4n) is 5.13. The Bertz CT molecular complexity index is 257. The van der Waals surface area contributed by atoms with E-state index in [0.29, 0.717) is 0 Å². The van der Waals surface area contributed by atoms with Crippen LogP contribution >= 0.6 is 0 Å². The highest BCUT2D eigenvalue weighted by atomic mass is 14.9. The monoisotopic (exact) mass is 263 g/mol.